The van der Waals surface area contributed by atoms with Crippen LogP contribution in [0.1, 0.15) is 34.3 Å². The molecule has 0 aliphatic heterocycles. The van der Waals surface area contributed by atoms with E-state index in [0.29, 0.717) is 5.92 Å². The van der Waals surface area contributed by atoms with Crippen LogP contribution in [0.5, 0.6) is 0 Å². The lowest BCUT2D eigenvalue weighted by atomic mass is 9.89. The standard InChI is InChI=1S/C18H18N4O3S2/c1-10-4-5-11-13(7-10)27-18-15(11)17(19-9-20-18)26-8-14(23)21-22-16(24)12-3-2-6-25-12/h2-3,6,9-10H,4-5,7-8H2,1H3,(H,21,23)(H,22,24)/t10-/m0/s1. The molecule has 140 valence electrons. The van der Waals surface area contributed by atoms with Crippen LogP contribution in [-0.4, -0.2) is 27.5 Å². The number of thiophene rings is 1. The van der Waals surface area contributed by atoms with Crippen LogP contribution in [0.3, 0.4) is 0 Å². The lowest BCUT2D eigenvalue weighted by Crippen LogP contribution is -2.42. The minimum absolute atomic E-state index is 0.139. The summed E-state index contributed by atoms with van der Waals surface area (Å²) in [6, 6.07) is 3.13. The summed E-state index contributed by atoms with van der Waals surface area (Å²) in [7, 11) is 0. The third-order valence-corrected chi connectivity index (χ3v) is 6.61. The molecule has 2 N–H and O–H groups in total. The normalized spacial score (nSPS) is 16.1. The molecular weight excluding hydrogens is 384 g/mol. The molecule has 0 aromatic carbocycles. The molecule has 9 heteroatoms. The van der Waals surface area contributed by atoms with Crippen LogP contribution in [-0.2, 0) is 17.6 Å². The summed E-state index contributed by atoms with van der Waals surface area (Å²) in [6.45, 7) is 2.27. The van der Waals surface area contributed by atoms with E-state index in [1.54, 1.807) is 23.7 Å². The van der Waals surface area contributed by atoms with E-state index in [1.165, 1.54) is 34.5 Å². The first-order valence-electron chi connectivity index (χ1n) is 8.62. The average Bonchev–Trinajstić information content (AvgIpc) is 3.31. The molecule has 0 saturated carbocycles. The highest BCUT2D eigenvalue weighted by Crippen LogP contribution is 2.40. The second kappa shape index (κ2) is 7.69. The van der Waals surface area contributed by atoms with Gasteiger partial charge in [0.05, 0.1) is 12.0 Å². The van der Waals surface area contributed by atoms with Crippen molar-refractivity contribution in [3.63, 3.8) is 0 Å². The number of hydrogen-bond donors (Lipinski definition) is 2. The van der Waals surface area contributed by atoms with E-state index < -0.39 is 5.91 Å². The minimum Gasteiger partial charge on any atom is -0.459 e. The fraction of sp³-hybridized carbons (Fsp3) is 0.333. The van der Waals surface area contributed by atoms with E-state index in [4.69, 9.17) is 4.42 Å². The Morgan fingerprint density at radius 1 is 1.37 bits per heavy atom. The molecule has 3 aromatic rings. The molecule has 0 radical (unpaired) electrons. The summed E-state index contributed by atoms with van der Waals surface area (Å²) in [5.74, 6) is 0.164. The first-order chi connectivity index (χ1) is 13.1. The van der Waals surface area contributed by atoms with Crippen molar-refractivity contribution >= 4 is 45.1 Å². The Hall–Kier alpha value is -2.39. The summed E-state index contributed by atoms with van der Waals surface area (Å²) in [5, 5.41) is 1.90. The zero-order valence-corrected chi connectivity index (χ0v) is 16.3. The number of aromatic nitrogens is 2. The minimum atomic E-state index is -0.496. The van der Waals surface area contributed by atoms with Gasteiger partial charge in [0.1, 0.15) is 16.2 Å². The van der Waals surface area contributed by atoms with Gasteiger partial charge in [-0.05, 0) is 42.9 Å². The lowest BCUT2D eigenvalue weighted by molar-refractivity contribution is -0.119. The van der Waals surface area contributed by atoms with Gasteiger partial charge in [-0.3, -0.25) is 20.4 Å². The molecule has 3 heterocycles. The number of nitrogens with one attached hydrogen (secondary N) is 2. The lowest BCUT2D eigenvalue weighted by Gasteiger charge is -2.18. The van der Waals surface area contributed by atoms with E-state index in [0.717, 1.165) is 34.5 Å². The number of aryl methyl sites for hydroxylation is 1. The fourth-order valence-electron chi connectivity index (χ4n) is 3.12. The van der Waals surface area contributed by atoms with Gasteiger partial charge in [-0.15, -0.1) is 11.3 Å². The highest BCUT2D eigenvalue weighted by Gasteiger charge is 2.23. The van der Waals surface area contributed by atoms with Gasteiger partial charge in [0, 0.05) is 10.3 Å². The van der Waals surface area contributed by atoms with Gasteiger partial charge >= 0.3 is 5.91 Å². The monoisotopic (exact) mass is 402 g/mol. The van der Waals surface area contributed by atoms with Gasteiger partial charge in [-0.2, -0.15) is 0 Å². The van der Waals surface area contributed by atoms with Gasteiger partial charge in [0.2, 0.25) is 5.91 Å². The Kier molecular flexibility index (Phi) is 5.13. The van der Waals surface area contributed by atoms with Gasteiger partial charge < -0.3 is 4.42 Å². The van der Waals surface area contributed by atoms with E-state index >= 15 is 0 Å². The molecule has 7 nitrogen and oxygen atoms in total. The number of rotatable bonds is 4. The third-order valence-electron chi connectivity index (χ3n) is 4.46. The molecule has 0 unspecified atom stereocenters. The molecule has 2 amide bonds. The van der Waals surface area contributed by atoms with E-state index in [1.807, 2.05) is 0 Å². The van der Waals surface area contributed by atoms with Crippen LogP contribution in [0.4, 0.5) is 0 Å². The molecule has 1 aliphatic carbocycles. The Morgan fingerprint density at radius 3 is 3.07 bits per heavy atom. The van der Waals surface area contributed by atoms with Crippen molar-refractivity contribution in [2.45, 2.75) is 31.2 Å². The summed E-state index contributed by atoms with van der Waals surface area (Å²) in [5.41, 5.74) is 6.06. The van der Waals surface area contributed by atoms with Crippen LogP contribution in [0.25, 0.3) is 10.2 Å². The van der Waals surface area contributed by atoms with Crippen LogP contribution < -0.4 is 10.9 Å². The molecular formula is C18H18N4O3S2. The molecule has 1 aliphatic rings. The molecule has 0 spiro atoms. The Morgan fingerprint density at radius 2 is 2.26 bits per heavy atom. The van der Waals surface area contributed by atoms with Gasteiger partial charge in [-0.1, -0.05) is 18.7 Å². The number of hydrogen-bond acceptors (Lipinski definition) is 7. The number of amides is 2. The highest BCUT2D eigenvalue weighted by molar-refractivity contribution is 8.00. The second-order valence-corrected chi connectivity index (χ2v) is 8.53. The summed E-state index contributed by atoms with van der Waals surface area (Å²) < 4.78 is 4.97. The fourth-order valence-corrected chi connectivity index (χ4v) is 5.36. The van der Waals surface area contributed by atoms with Crippen molar-refractivity contribution in [3.05, 3.63) is 40.9 Å². The SMILES string of the molecule is C[C@H]1CCc2c(sc3ncnc(SCC(=O)NNC(=O)c4ccco4)c23)C1. The van der Waals surface area contributed by atoms with Crippen molar-refractivity contribution in [1.29, 1.82) is 0 Å². The van der Waals surface area contributed by atoms with Crippen LogP contribution in [0, 0.1) is 5.92 Å². The van der Waals surface area contributed by atoms with Crippen molar-refractivity contribution in [3.8, 4) is 0 Å². The van der Waals surface area contributed by atoms with Crippen LogP contribution >= 0.6 is 23.1 Å². The maximum atomic E-state index is 12.1. The van der Waals surface area contributed by atoms with Gasteiger partial charge in [0.25, 0.3) is 0 Å². The Balaban J connectivity index is 1.41. The van der Waals surface area contributed by atoms with Crippen LogP contribution in [0.2, 0.25) is 0 Å². The number of nitrogens with zero attached hydrogens (tertiary/aromatic N) is 2. The average molecular weight is 403 g/mol. The summed E-state index contributed by atoms with van der Waals surface area (Å²) >= 11 is 3.09. The topological polar surface area (TPSA) is 97.1 Å². The summed E-state index contributed by atoms with van der Waals surface area (Å²) in [6.07, 6.45) is 6.22. The number of fused-ring (bicyclic) bond motifs is 3. The van der Waals surface area contributed by atoms with Gasteiger partial charge in [0.15, 0.2) is 5.76 Å². The Bertz CT molecular complexity index is 984. The maximum Gasteiger partial charge on any atom is 0.305 e. The summed E-state index contributed by atoms with van der Waals surface area (Å²) in [4.78, 5) is 35.0. The molecule has 0 bridgehead atoms. The molecule has 27 heavy (non-hydrogen) atoms. The van der Waals surface area contributed by atoms with Crippen LogP contribution in [0.15, 0.2) is 34.2 Å². The third kappa shape index (κ3) is 3.84. The van der Waals surface area contributed by atoms with E-state index in [2.05, 4.69) is 27.7 Å². The van der Waals surface area contributed by atoms with E-state index in [9.17, 15) is 9.59 Å². The molecule has 1 atom stereocenters. The Labute approximate surface area is 163 Å². The zero-order chi connectivity index (χ0) is 18.8. The first kappa shape index (κ1) is 18.0. The number of furan rings is 1. The van der Waals surface area contributed by atoms with Crippen molar-refractivity contribution in [1.82, 2.24) is 20.8 Å². The number of carbonyl (C=O) groups excluding carboxylic acids is 2. The predicted octanol–water partition coefficient (Wildman–Crippen LogP) is 2.96. The number of carbonyl (C=O) groups is 2. The molecule has 4 rings (SSSR count). The molecule has 0 fully saturated rings. The maximum absolute atomic E-state index is 12.1. The second-order valence-electron chi connectivity index (χ2n) is 6.48. The predicted molar refractivity (Wildman–Crippen MR) is 104 cm³/mol. The van der Waals surface area contributed by atoms with Crippen molar-refractivity contribution < 1.29 is 14.0 Å². The quantitative estimate of drug-likeness (QED) is 0.396. The zero-order valence-electron chi connectivity index (χ0n) is 14.7. The smallest absolute Gasteiger partial charge is 0.305 e. The number of thioether (sulfide) groups is 1. The van der Waals surface area contributed by atoms with E-state index in [-0.39, 0.29) is 17.4 Å². The molecule has 3 aromatic heterocycles. The van der Waals surface area contributed by atoms with Crippen molar-refractivity contribution in [2.24, 2.45) is 5.92 Å². The first-order valence-corrected chi connectivity index (χ1v) is 10.4. The largest absolute Gasteiger partial charge is 0.459 e. The highest BCUT2D eigenvalue weighted by atomic mass is 32.2. The number of hydrazine groups is 1. The van der Waals surface area contributed by atoms with Crippen molar-refractivity contribution in [2.75, 3.05) is 5.75 Å². The van der Waals surface area contributed by atoms with Gasteiger partial charge in [-0.25, -0.2) is 9.97 Å². The molecule has 0 saturated heterocycles.